The van der Waals surface area contributed by atoms with Gasteiger partial charge in [-0.25, -0.2) is 4.98 Å². The monoisotopic (exact) mass is 453 g/mol. The first-order valence-electron chi connectivity index (χ1n) is 11.1. The molecule has 10 heteroatoms. The first-order valence-corrected chi connectivity index (χ1v) is 11.1. The van der Waals surface area contributed by atoms with Crippen LogP contribution in [-0.2, 0) is 11.8 Å². The summed E-state index contributed by atoms with van der Waals surface area (Å²) < 4.78 is 7.40. The molecule has 0 amide bonds. The van der Waals surface area contributed by atoms with E-state index in [-0.39, 0.29) is 0 Å². The first kappa shape index (κ1) is 20.3. The lowest BCUT2D eigenvalue weighted by molar-refractivity contribution is 0.122. The van der Waals surface area contributed by atoms with Crippen LogP contribution in [-0.4, -0.2) is 61.5 Å². The maximum absolute atomic E-state index is 5.52. The Kier molecular flexibility index (Phi) is 5.11. The molecule has 2 N–H and O–H groups in total. The van der Waals surface area contributed by atoms with Crippen molar-refractivity contribution in [2.75, 3.05) is 36.5 Å². The molecule has 5 aromatic rings. The summed E-state index contributed by atoms with van der Waals surface area (Å²) in [5, 5.41) is 19.4. The second kappa shape index (κ2) is 8.56. The lowest BCUT2D eigenvalue weighted by atomic mass is 10.1. The Labute approximate surface area is 195 Å². The lowest BCUT2D eigenvalue weighted by Crippen LogP contribution is -2.37. The van der Waals surface area contributed by atoms with E-state index in [0.29, 0.717) is 19.2 Å². The SMILES string of the molecule is Cn1ncc2ccc(-c3cc(Nc4ccc(-c5cnn[nH]5)cc4)nc(N4CCOCC4)n3)cc21. The van der Waals surface area contributed by atoms with Crippen molar-refractivity contribution in [1.29, 1.82) is 0 Å². The Morgan fingerprint density at radius 2 is 1.76 bits per heavy atom. The molecule has 0 atom stereocenters. The molecule has 170 valence electrons. The largest absolute Gasteiger partial charge is 0.378 e. The van der Waals surface area contributed by atoms with E-state index in [9.17, 15) is 0 Å². The number of aryl methyl sites for hydroxylation is 1. The molecule has 1 aliphatic heterocycles. The van der Waals surface area contributed by atoms with Crippen LogP contribution in [0.4, 0.5) is 17.5 Å². The van der Waals surface area contributed by atoms with E-state index in [2.05, 4.69) is 48.9 Å². The van der Waals surface area contributed by atoms with Crippen molar-refractivity contribution in [3.05, 3.63) is 60.9 Å². The number of hydrogen-bond acceptors (Lipinski definition) is 8. The van der Waals surface area contributed by atoms with E-state index < -0.39 is 0 Å². The van der Waals surface area contributed by atoms with E-state index in [4.69, 9.17) is 14.7 Å². The maximum Gasteiger partial charge on any atom is 0.228 e. The van der Waals surface area contributed by atoms with E-state index in [1.54, 1.807) is 6.20 Å². The highest BCUT2D eigenvalue weighted by molar-refractivity contribution is 5.84. The second-order valence-electron chi connectivity index (χ2n) is 8.15. The van der Waals surface area contributed by atoms with Gasteiger partial charge in [-0.05, 0) is 18.2 Å². The van der Waals surface area contributed by atoms with Crippen molar-refractivity contribution < 1.29 is 4.74 Å². The summed E-state index contributed by atoms with van der Waals surface area (Å²) in [5.41, 5.74) is 5.73. The second-order valence-corrected chi connectivity index (χ2v) is 8.15. The van der Waals surface area contributed by atoms with Crippen LogP contribution in [0.3, 0.4) is 0 Å². The highest BCUT2D eigenvalue weighted by Crippen LogP contribution is 2.28. The molecule has 0 unspecified atom stereocenters. The fourth-order valence-corrected chi connectivity index (χ4v) is 4.07. The van der Waals surface area contributed by atoms with Gasteiger partial charge in [0.2, 0.25) is 5.95 Å². The number of fused-ring (bicyclic) bond motifs is 1. The third-order valence-electron chi connectivity index (χ3n) is 5.94. The zero-order valence-corrected chi connectivity index (χ0v) is 18.6. The van der Waals surface area contributed by atoms with E-state index >= 15 is 0 Å². The Morgan fingerprint density at radius 3 is 2.56 bits per heavy atom. The number of aromatic amines is 1. The van der Waals surface area contributed by atoms with Crippen LogP contribution in [0.2, 0.25) is 0 Å². The minimum atomic E-state index is 0.668. The molecule has 1 aliphatic rings. The van der Waals surface area contributed by atoms with Gasteiger partial charge in [0.1, 0.15) is 5.82 Å². The molecule has 2 aromatic carbocycles. The Hall–Kier alpha value is -4.31. The van der Waals surface area contributed by atoms with E-state index in [1.165, 1.54) is 0 Å². The highest BCUT2D eigenvalue weighted by Gasteiger charge is 2.17. The number of morpholine rings is 1. The predicted molar refractivity (Wildman–Crippen MR) is 130 cm³/mol. The summed E-state index contributed by atoms with van der Waals surface area (Å²) in [4.78, 5) is 11.9. The van der Waals surface area contributed by atoms with E-state index in [0.717, 1.165) is 58.0 Å². The van der Waals surface area contributed by atoms with Gasteiger partial charge in [0.05, 0.1) is 42.5 Å². The number of anilines is 3. The van der Waals surface area contributed by atoms with E-state index in [1.807, 2.05) is 48.3 Å². The smallest absolute Gasteiger partial charge is 0.228 e. The lowest BCUT2D eigenvalue weighted by Gasteiger charge is -2.27. The molecular weight excluding hydrogens is 430 g/mol. The summed E-state index contributed by atoms with van der Waals surface area (Å²) in [6, 6.07) is 16.3. The van der Waals surface area contributed by atoms with Crippen molar-refractivity contribution in [2.45, 2.75) is 0 Å². The fraction of sp³-hybridized carbons (Fsp3) is 0.208. The quantitative estimate of drug-likeness (QED) is 0.417. The van der Waals surface area contributed by atoms with Gasteiger partial charge < -0.3 is 15.0 Å². The predicted octanol–water partition coefficient (Wildman–Crippen LogP) is 3.40. The van der Waals surface area contributed by atoms with Gasteiger partial charge >= 0.3 is 0 Å². The molecule has 0 aliphatic carbocycles. The Morgan fingerprint density at radius 1 is 0.941 bits per heavy atom. The van der Waals surface area contributed by atoms with Crippen molar-refractivity contribution in [1.82, 2.24) is 35.2 Å². The number of rotatable bonds is 5. The number of benzene rings is 2. The van der Waals surface area contributed by atoms with Crippen LogP contribution in [0, 0.1) is 0 Å². The maximum atomic E-state index is 5.52. The number of hydrogen-bond donors (Lipinski definition) is 2. The third-order valence-corrected chi connectivity index (χ3v) is 5.94. The number of aromatic nitrogens is 7. The number of nitrogens with zero attached hydrogens (tertiary/aromatic N) is 7. The minimum Gasteiger partial charge on any atom is -0.378 e. The molecule has 0 radical (unpaired) electrons. The van der Waals surface area contributed by atoms with Crippen molar-refractivity contribution in [2.24, 2.45) is 7.05 Å². The molecule has 10 nitrogen and oxygen atoms in total. The van der Waals surface area contributed by atoms with Crippen LogP contribution in [0.25, 0.3) is 33.4 Å². The third kappa shape index (κ3) is 3.95. The summed E-state index contributed by atoms with van der Waals surface area (Å²) in [6.07, 6.45) is 3.57. The summed E-state index contributed by atoms with van der Waals surface area (Å²) >= 11 is 0. The van der Waals surface area contributed by atoms with Gasteiger partial charge in [-0.2, -0.15) is 10.1 Å². The van der Waals surface area contributed by atoms with Crippen LogP contribution < -0.4 is 10.2 Å². The van der Waals surface area contributed by atoms with Crippen LogP contribution in [0.5, 0.6) is 0 Å². The summed E-state index contributed by atoms with van der Waals surface area (Å²) in [6.45, 7) is 2.86. The molecular formula is C24H23N9O. The van der Waals surface area contributed by atoms with Gasteiger partial charge in [0, 0.05) is 48.4 Å². The Balaban J connectivity index is 1.36. The van der Waals surface area contributed by atoms with Crippen LogP contribution in [0.1, 0.15) is 0 Å². The van der Waals surface area contributed by atoms with Crippen LogP contribution >= 0.6 is 0 Å². The van der Waals surface area contributed by atoms with Crippen LogP contribution in [0.15, 0.2) is 60.9 Å². The summed E-state index contributed by atoms with van der Waals surface area (Å²) in [5.74, 6) is 1.42. The molecule has 4 heterocycles. The molecule has 3 aromatic heterocycles. The normalized spacial score (nSPS) is 14.0. The minimum absolute atomic E-state index is 0.668. The zero-order chi connectivity index (χ0) is 22.9. The number of ether oxygens (including phenoxy) is 1. The number of H-pyrrole nitrogens is 1. The molecule has 1 saturated heterocycles. The molecule has 6 rings (SSSR count). The topological polar surface area (TPSA) is 110 Å². The summed E-state index contributed by atoms with van der Waals surface area (Å²) in [7, 11) is 1.95. The Bertz CT molecular complexity index is 1420. The molecule has 1 fully saturated rings. The number of nitrogens with one attached hydrogen (secondary N) is 2. The van der Waals surface area contributed by atoms with Gasteiger partial charge in [0.15, 0.2) is 0 Å². The average molecular weight is 454 g/mol. The first-order chi connectivity index (χ1) is 16.7. The van der Waals surface area contributed by atoms with Crippen molar-refractivity contribution in [3.8, 4) is 22.5 Å². The zero-order valence-electron chi connectivity index (χ0n) is 18.6. The van der Waals surface area contributed by atoms with Gasteiger partial charge in [-0.1, -0.05) is 29.5 Å². The standard InChI is InChI=1S/C24H23N9O/c1-32-22-12-17(2-3-18(22)14-26-32)20-13-23(29-24(28-20)33-8-10-34-11-9-33)27-19-6-4-16(5-7-19)21-15-25-31-30-21/h2-7,12-15H,8-11H2,1H3,(H,25,30,31)(H,27,28,29). The highest BCUT2D eigenvalue weighted by atomic mass is 16.5. The van der Waals surface area contributed by atoms with Crippen molar-refractivity contribution >= 4 is 28.4 Å². The van der Waals surface area contributed by atoms with Gasteiger partial charge in [0.25, 0.3) is 0 Å². The molecule has 34 heavy (non-hydrogen) atoms. The molecule has 0 bridgehead atoms. The average Bonchev–Trinajstić information content (AvgIpc) is 3.55. The van der Waals surface area contributed by atoms with Gasteiger partial charge in [-0.15, -0.1) is 5.10 Å². The van der Waals surface area contributed by atoms with Crippen molar-refractivity contribution in [3.63, 3.8) is 0 Å². The molecule has 0 spiro atoms. The van der Waals surface area contributed by atoms with Gasteiger partial charge in [-0.3, -0.25) is 9.78 Å². The molecule has 0 saturated carbocycles. The fourth-order valence-electron chi connectivity index (χ4n) is 4.07.